The van der Waals surface area contributed by atoms with Crippen LogP contribution < -0.4 is 5.32 Å². The summed E-state index contributed by atoms with van der Waals surface area (Å²) in [6, 6.07) is 11.0. The van der Waals surface area contributed by atoms with Gasteiger partial charge in [-0.1, -0.05) is 42.1 Å². The Kier molecular flexibility index (Phi) is 9.20. The fourth-order valence-corrected chi connectivity index (χ4v) is 3.07. The molecule has 0 aliphatic rings. The number of aliphatic hydroxyl groups is 1. The van der Waals surface area contributed by atoms with E-state index in [0.717, 1.165) is 5.56 Å². The lowest BCUT2D eigenvalue weighted by Gasteiger charge is -2.26. The summed E-state index contributed by atoms with van der Waals surface area (Å²) >= 11 is 1.34. The topological polar surface area (TPSA) is 116 Å². The van der Waals surface area contributed by atoms with E-state index in [9.17, 15) is 9.90 Å². The van der Waals surface area contributed by atoms with E-state index in [-0.39, 0.29) is 5.48 Å². The number of benzene rings is 1. The van der Waals surface area contributed by atoms with Gasteiger partial charge in [0.05, 0.1) is 12.1 Å². The van der Waals surface area contributed by atoms with Crippen LogP contribution in [0.2, 0.25) is 0 Å². The highest BCUT2D eigenvalue weighted by Gasteiger charge is 2.25. The molecule has 0 bridgehead atoms. The maximum atomic E-state index is 12.2. The van der Waals surface area contributed by atoms with Crippen LogP contribution in [-0.2, 0) is 11.2 Å². The minimum absolute atomic E-state index is 0. The van der Waals surface area contributed by atoms with Gasteiger partial charge < -0.3 is 20.6 Å². The third-order valence-corrected chi connectivity index (χ3v) is 4.37. The number of ether oxygens (including phenoxy) is 1. The van der Waals surface area contributed by atoms with Crippen LogP contribution in [0.5, 0.6) is 0 Å². The van der Waals surface area contributed by atoms with Crippen molar-refractivity contribution in [2.24, 2.45) is 0 Å². The van der Waals surface area contributed by atoms with Gasteiger partial charge in [0.2, 0.25) is 0 Å². The Morgan fingerprint density at radius 1 is 1.19 bits per heavy atom. The van der Waals surface area contributed by atoms with Crippen LogP contribution in [0.1, 0.15) is 26.3 Å². The Balaban J connectivity index is 0.00000364. The molecule has 8 heteroatoms. The molecule has 0 saturated heterocycles. The van der Waals surface area contributed by atoms with E-state index in [1.54, 1.807) is 39.2 Å². The number of rotatable bonds is 7. The summed E-state index contributed by atoms with van der Waals surface area (Å²) in [4.78, 5) is 20.4. The number of thioether (sulfide) groups is 1. The number of nitrogens with zero attached hydrogens (tertiary/aromatic N) is 2. The SMILES string of the molecule is CC(C)(C)OC(=O)N[C@@H](Cc1ccccc1)[C@H](O)CSc1ncccn1.O. The zero-order valence-electron chi connectivity index (χ0n) is 15.8. The second-order valence-corrected chi connectivity index (χ2v) is 7.84. The molecule has 1 heterocycles. The van der Waals surface area contributed by atoms with Gasteiger partial charge in [-0.15, -0.1) is 0 Å². The molecule has 0 saturated carbocycles. The number of carbonyl (C=O) groups is 1. The number of aromatic nitrogens is 2. The number of hydrogen-bond donors (Lipinski definition) is 2. The molecule has 4 N–H and O–H groups in total. The summed E-state index contributed by atoms with van der Waals surface area (Å²) in [5.74, 6) is 0.358. The van der Waals surface area contributed by atoms with Gasteiger partial charge in [-0.3, -0.25) is 0 Å². The summed E-state index contributed by atoms with van der Waals surface area (Å²) in [6.45, 7) is 5.41. The summed E-state index contributed by atoms with van der Waals surface area (Å²) in [6.07, 6.45) is 2.48. The molecule has 0 spiro atoms. The number of hydrogen-bond acceptors (Lipinski definition) is 6. The quantitative estimate of drug-likeness (QED) is 0.550. The maximum absolute atomic E-state index is 12.2. The van der Waals surface area contributed by atoms with Crippen LogP contribution in [0.4, 0.5) is 4.79 Å². The molecule has 0 aliphatic carbocycles. The third kappa shape index (κ3) is 8.85. The van der Waals surface area contributed by atoms with Crippen molar-refractivity contribution in [3.8, 4) is 0 Å². The minimum atomic E-state index is -0.781. The van der Waals surface area contributed by atoms with Crippen molar-refractivity contribution in [2.45, 2.75) is 50.1 Å². The molecule has 1 aromatic heterocycles. The first-order valence-electron chi connectivity index (χ1n) is 8.45. The van der Waals surface area contributed by atoms with Crippen molar-refractivity contribution in [3.05, 3.63) is 54.4 Å². The summed E-state index contributed by atoms with van der Waals surface area (Å²) in [5.41, 5.74) is 0.424. The molecule has 148 valence electrons. The number of nitrogens with one attached hydrogen (secondary N) is 1. The Hall–Kier alpha value is -2.16. The van der Waals surface area contributed by atoms with Crippen molar-refractivity contribution >= 4 is 17.9 Å². The lowest BCUT2D eigenvalue weighted by Crippen LogP contribution is -2.47. The minimum Gasteiger partial charge on any atom is -0.444 e. The first-order valence-corrected chi connectivity index (χ1v) is 9.43. The van der Waals surface area contributed by atoms with Gasteiger partial charge in [0.1, 0.15) is 5.60 Å². The Bertz CT molecular complexity index is 680. The van der Waals surface area contributed by atoms with Crippen molar-refractivity contribution < 1.29 is 20.1 Å². The van der Waals surface area contributed by atoms with Crippen LogP contribution in [0.15, 0.2) is 53.9 Å². The molecular formula is C19H27N3O4S. The predicted molar refractivity (Wildman–Crippen MR) is 106 cm³/mol. The highest BCUT2D eigenvalue weighted by Crippen LogP contribution is 2.17. The number of alkyl carbamates (subject to hydrolysis) is 1. The van der Waals surface area contributed by atoms with E-state index < -0.39 is 23.8 Å². The molecule has 0 unspecified atom stereocenters. The standard InChI is InChI=1S/C19H25N3O3S.H2O/c1-19(2,3)25-18(24)22-15(12-14-8-5-4-6-9-14)16(23)13-26-17-20-10-7-11-21-17;/h4-11,15-16,23H,12-13H2,1-3H3,(H,22,24);1H2/t15-,16+;/m0./s1. The van der Waals surface area contributed by atoms with Gasteiger partial charge >= 0.3 is 6.09 Å². The second-order valence-electron chi connectivity index (χ2n) is 6.85. The fourth-order valence-electron chi connectivity index (χ4n) is 2.25. The average Bonchev–Trinajstić information content (AvgIpc) is 2.59. The number of amides is 1. The van der Waals surface area contributed by atoms with E-state index >= 15 is 0 Å². The van der Waals surface area contributed by atoms with E-state index in [1.807, 2.05) is 30.3 Å². The van der Waals surface area contributed by atoms with Crippen LogP contribution in [0, 0.1) is 0 Å². The molecule has 2 rings (SSSR count). The molecule has 1 amide bonds. The number of carbonyl (C=O) groups excluding carboxylic acids is 1. The van der Waals surface area contributed by atoms with Gasteiger partial charge in [-0.05, 0) is 38.8 Å². The molecule has 1 aromatic carbocycles. The maximum Gasteiger partial charge on any atom is 0.407 e. The van der Waals surface area contributed by atoms with Gasteiger partial charge in [0.15, 0.2) is 5.16 Å². The second kappa shape index (κ2) is 10.9. The monoisotopic (exact) mass is 393 g/mol. The first-order chi connectivity index (χ1) is 12.3. The molecule has 2 aromatic rings. The smallest absolute Gasteiger partial charge is 0.407 e. The highest BCUT2D eigenvalue weighted by atomic mass is 32.2. The van der Waals surface area contributed by atoms with E-state index in [4.69, 9.17) is 4.74 Å². The van der Waals surface area contributed by atoms with Crippen LogP contribution in [0.3, 0.4) is 0 Å². The molecule has 7 nitrogen and oxygen atoms in total. The summed E-state index contributed by atoms with van der Waals surface area (Å²) in [5, 5.41) is 14.0. The molecule has 0 aliphatic heterocycles. The third-order valence-electron chi connectivity index (χ3n) is 3.39. The normalized spacial score (nSPS) is 13.2. The lowest BCUT2D eigenvalue weighted by molar-refractivity contribution is 0.0441. The fraction of sp³-hybridized carbons (Fsp3) is 0.421. The zero-order valence-corrected chi connectivity index (χ0v) is 16.6. The lowest BCUT2D eigenvalue weighted by atomic mass is 10.0. The van der Waals surface area contributed by atoms with E-state index in [0.29, 0.717) is 17.3 Å². The Labute approximate surface area is 163 Å². The van der Waals surface area contributed by atoms with Crippen LogP contribution in [0.25, 0.3) is 0 Å². The molecule has 0 radical (unpaired) electrons. The number of aliphatic hydroxyl groups excluding tert-OH is 1. The van der Waals surface area contributed by atoms with Gasteiger partial charge in [0, 0.05) is 18.1 Å². The van der Waals surface area contributed by atoms with Crippen LogP contribution in [-0.4, -0.2) is 50.1 Å². The van der Waals surface area contributed by atoms with E-state index in [1.165, 1.54) is 11.8 Å². The predicted octanol–water partition coefficient (Wildman–Crippen LogP) is 2.24. The Morgan fingerprint density at radius 2 is 1.81 bits per heavy atom. The van der Waals surface area contributed by atoms with Crippen molar-refractivity contribution in [3.63, 3.8) is 0 Å². The average molecular weight is 394 g/mol. The van der Waals surface area contributed by atoms with Gasteiger partial charge in [-0.2, -0.15) is 0 Å². The zero-order chi connectivity index (χ0) is 19.0. The van der Waals surface area contributed by atoms with Crippen LogP contribution >= 0.6 is 11.8 Å². The van der Waals surface area contributed by atoms with Crippen molar-refractivity contribution in [1.82, 2.24) is 15.3 Å². The molecule has 2 atom stereocenters. The van der Waals surface area contributed by atoms with Crippen molar-refractivity contribution in [1.29, 1.82) is 0 Å². The molecule has 27 heavy (non-hydrogen) atoms. The summed E-state index contributed by atoms with van der Waals surface area (Å²) in [7, 11) is 0. The Morgan fingerprint density at radius 3 is 2.41 bits per heavy atom. The van der Waals surface area contributed by atoms with Crippen molar-refractivity contribution in [2.75, 3.05) is 5.75 Å². The largest absolute Gasteiger partial charge is 0.444 e. The van der Waals surface area contributed by atoms with Gasteiger partial charge in [-0.25, -0.2) is 14.8 Å². The van der Waals surface area contributed by atoms with E-state index in [2.05, 4.69) is 15.3 Å². The highest BCUT2D eigenvalue weighted by molar-refractivity contribution is 7.99. The van der Waals surface area contributed by atoms with Gasteiger partial charge in [0.25, 0.3) is 0 Å². The first kappa shape index (κ1) is 22.9. The molecule has 0 fully saturated rings. The summed E-state index contributed by atoms with van der Waals surface area (Å²) < 4.78 is 5.33. The molecular weight excluding hydrogens is 366 g/mol.